The summed E-state index contributed by atoms with van der Waals surface area (Å²) in [5.74, 6) is 0.104. The summed E-state index contributed by atoms with van der Waals surface area (Å²) in [5, 5.41) is 9.11. The lowest BCUT2D eigenvalue weighted by Gasteiger charge is -2.28. The second kappa shape index (κ2) is 9.09. The number of anilines is 1. The molecule has 0 saturated heterocycles. The number of rotatable bonds is 6. The second-order valence-corrected chi connectivity index (χ2v) is 7.83. The maximum Gasteiger partial charge on any atom is 0.247 e. The van der Waals surface area contributed by atoms with Gasteiger partial charge in [0.1, 0.15) is 11.8 Å². The lowest BCUT2D eigenvalue weighted by atomic mass is 9.94. The van der Waals surface area contributed by atoms with Gasteiger partial charge < -0.3 is 20.7 Å². The van der Waals surface area contributed by atoms with E-state index in [9.17, 15) is 9.59 Å². The lowest BCUT2D eigenvalue weighted by molar-refractivity contribution is -0.128. The zero-order valence-corrected chi connectivity index (χ0v) is 17.4. The summed E-state index contributed by atoms with van der Waals surface area (Å²) in [5.41, 5.74) is 3.99. The van der Waals surface area contributed by atoms with E-state index in [1.165, 1.54) is 11.1 Å². The van der Waals surface area contributed by atoms with E-state index in [2.05, 4.69) is 22.0 Å². The van der Waals surface area contributed by atoms with E-state index in [1.807, 2.05) is 57.2 Å². The van der Waals surface area contributed by atoms with Crippen LogP contribution in [0.25, 0.3) is 0 Å². The molecule has 3 N–H and O–H groups in total. The first-order valence-electron chi connectivity index (χ1n) is 9.95. The third-order valence-electron chi connectivity index (χ3n) is 5.26. The van der Waals surface area contributed by atoms with E-state index in [-0.39, 0.29) is 23.8 Å². The molecule has 0 bridgehead atoms. The number of carbonyl (C=O) groups is 2. The third-order valence-corrected chi connectivity index (χ3v) is 5.26. The maximum absolute atomic E-state index is 12.9. The highest BCUT2D eigenvalue weighted by atomic mass is 16.5. The van der Waals surface area contributed by atoms with Gasteiger partial charge in [-0.2, -0.15) is 0 Å². The number of hydrogen-bond donors (Lipinski definition) is 3. The number of carbonyl (C=O) groups excluding carboxylic acids is 2. The van der Waals surface area contributed by atoms with Gasteiger partial charge in [-0.15, -0.1) is 0 Å². The number of hydrogen-bond acceptors (Lipinski definition) is 4. The van der Waals surface area contributed by atoms with Crippen molar-refractivity contribution in [2.75, 3.05) is 12.4 Å². The van der Waals surface area contributed by atoms with Gasteiger partial charge in [-0.1, -0.05) is 44.2 Å². The number of amides is 2. The van der Waals surface area contributed by atoms with E-state index in [0.717, 1.165) is 5.56 Å². The first-order valence-corrected chi connectivity index (χ1v) is 9.95. The molecule has 0 radical (unpaired) electrons. The van der Waals surface area contributed by atoms with Gasteiger partial charge >= 0.3 is 0 Å². The fraction of sp³-hybridized carbons (Fsp3) is 0.391. The van der Waals surface area contributed by atoms with Crippen molar-refractivity contribution in [1.29, 1.82) is 0 Å². The van der Waals surface area contributed by atoms with Gasteiger partial charge in [-0.3, -0.25) is 9.59 Å². The van der Waals surface area contributed by atoms with Crippen LogP contribution in [0, 0.1) is 12.8 Å². The van der Waals surface area contributed by atoms with Crippen LogP contribution in [0.1, 0.15) is 30.5 Å². The van der Waals surface area contributed by atoms with Crippen LogP contribution in [0.15, 0.2) is 42.5 Å². The van der Waals surface area contributed by atoms with Gasteiger partial charge in [-0.25, -0.2) is 0 Å². The zero-order valence-electron chi connectivity index (χ0n) is 17.4. The Hall–Kier alpha value is -2.86. The van der Waals surface area contributed by atoms with E-state index >= 15 is 0 Å². The van der Waals surface area contributed by atoms with Crippen LogP contribution >= 0.6 is 0 Å². The first kappa shape index (κ1) is 20.9. The Labute approximate surface area is 172 Å². The highest BCUT2D eigenvalue weighted by molar-refractivity contribution is 5.99. The SMILES string of the molecule is COc1ccc(C)cc1NC(=O)C(NC(=O)C1Cc2ccccc2CN1)C(C)C. The summed E-state index contributed by atoms with van der Waals surface area (Å²) in [6.07, 6.45) is 0.611. The van der Waals surface area contributed by atoms with Crippen LogP contribution in [0.4, 0.5) is 5.69 Å². The molecular formula is C23H29N3O3. The number of aryl methyl sites for hydroxylation is 1. The number of benzene rings is 2. The molecule has 0 aromatic heterocycles. The molecule has 2 unspecified atom stereocenters. The van der Waals surface area contributed by atoms with E-state index in [4.69, 9.17) is 4.74 Å². The van der Waals surface area contributed by atoms with Crippen LogP contribution in [0.2, 0.25) is 0 Å². The molecule has 29 heavy (non-hydrogen) atoms. The Kier molecular flexibility index (Phi) is 6.54. The molecule has 2 aromatic carbocycles. The average molecular weight is 396 g/mol. The minimum absolute atomic E-state index is 0.0642. The molecule has 2 aromatic rings. The fourth-order valence-electron chi connectivity index (χ4n) is 3.56. The van der Waals surface area contributed by atoms with Crippen molar-refractivity contribution >= 4 is 17.5 Å². The van der Waals surface area contributed by atoms with Gasteiger partial charge in [0.05, 0.1) is 18.8 Å². The monoisotopic (exact) mass is 395 g/mol. The van der Waals surface area contributed by atoms with Crippen LogP contribution in [0.5, 0.6) is 5.75 Å². The Morgan fingerprint density at radius 1 is 1.14 bits per heavy atom. The van der Waals surface area contributed by atoms with E-state index in [0.29, 0.717) is 24.4 Å². The van der Waals surface area contributed by atoms with E-state index in [1.54, 1.807) is 7.11 Å². The topological polar surface area (TPSA) is 79.5 Å². The van der Waals surface area contributed by atoms with Gasteiger partial charge in [-0.05, 0) is 48.1 Å². The van der Waals surface area contributed by atoms with Crippen molar-refractivity contribution in [2.45, 2.75) is 45.8 Å². The first-order chi connectivity index (χ1) is 13.9. The third kappa shape index (κ3) is 4.95. The smallest absolute Gasteiger partial charge is 0.247 e. The summed E-state index contributed by atoms with van der Waals surface area (Å²) in [7, 11) is 1.56. The average Bonchev–Trinajstić information content (AvgIpc) is 2.71. The molecule has 2 atom stereocenters. The van der Waals surface area contributed by atoms with E-state index < -0.39 is 6.04 Å². The number of nitrogens with one attached hydrogen (secondary N) is 3. The maximum atomic E-state index is 12.9. The molecule has 2 amide bonds. The molecule has 6 nitrogen and oxygen atoms in total. The molecule has 0 saturated carbocycles. The highest BCUT2D eigenvalue weighted by Gasteiger charge is 2.30. The highest BCUT2D eigenvalue weighted by Crippen LogP contribution is 2.25. The standard InChI is InChI=1S/C23H29N3O3/c1-14(2)21(23(28)25-18-11-15(3)9-10-20(18)29-4)26-22(27)19-12-16-7-5-6-8-17(16)13-24-19/h5-11,14,19,21,24H,12-13H2,1-4H3,(H,25,28)(H,26,27). The summed E-state index contributed by atoms with van der Waals surface area (Å²) >= 11 is 0. The molecular weight excluding hydrogens is 366 g/mol. The minimum atomic E-state index is -0.647. The summed E-state index contributed by atoms with van der Waals surface area (Å²) in [6, 6.07) is 12.7. The van der Waals surface area contributed by atoms with Gasteiger partial charge in [0, 0.05) is 6.54 Å². The van der Waals surface area contributed by atoms with Gasteiger partial charge in [0.2, 0.25) is 11.8 Å². The van der Waals surface area contributed by atoms with Crippen molar-refractivity contribution in [1.82, 2.24) is 10.6 Å². The largest absolute Gasteiger partial charge is 0.495 e. The normalized spacial score (nSPS) is 16.7. The van der Waals surface area contributed by atoms with Crippen LogP contribution in [-0.2, 0) is 22.6 Å². The van der Waals surface area contributed by atoms with Crippen LogP contribution in [0.3, 0.4) is 0 Å². The molecule has 0 aliphatic carbocycles. The second-order valence-electron chi connectivity index (χ2n) is 7.83. The van der Waals surface area contributed by atoms with Crippen molar-refractivity contribution in [3.8, 4) is 5.75 Å². The minimum Gasteiger partial charge on any atom is -0.495 e. The molecule has 6 heteroatoms. The molecule has 154 valence electrons. The Balaban J connectivity index is 1.69. The molecule has 1 aliphatic rings. The molecule has 0 fully saturated rings. The molecule has 0 spiro atoms. The predicted molar refractivity (Wildman–Crippen MR) is 114 cm³/mol. The predicted octanol–water partition coefficient (Wildman–Crippen LogP) is 2.80. The number of ether oxygens (including phenoxy) is 1. The van der Waals surface area contributed by atoms with Crippen molar-refractivity contribution in [3.63, 3.8) is 0 Å². The van der Waals surface area contributed by atoms with Crippen molar-refractivity contribution < 1.29 is 14.3 Å². The molecule has 1 heterocycles. The van der Waals surface area contributed by atoms with Crippen LogP contribution in [-0.4, -0.2) is 31.0 Å². The summed E-state index contributed by atoms with van der Waals surface area (Å²) in [4.78, 5) is 25.8. The molecule has 1 aliphatic heterocycles. The summed E-state index contributed by atoms with van der Waals surface area (Å²) in [6.45, 7) is 6.43. The van der Waals surface area contributed by atoms with Crippen molar-refractivity contribution in [3.05, 3.63) is 59.2 Å². The van der Waals surface area contributed by atoms with Gasteiger partial charge in [0.15, 0.2) is 0 Å². The van der Waals surface area contributed by atoms with Gasteiger partial charge in [0.25, 0.3) is 0 Å². The number of fused-ring (bicyclic) bond motifs is 1. The van der Waals surface area contributed by atoms with Crippen molar-refractivity contribution in [2.24, 2.45) is 5.92 Å². The lowest BCUT2D eigenvalue weighted by Crippen LogP contribution is -2.54. The number of methoxy groups -OCH3 is 1. The zero-order chi connectivity index (χ0) is 21.0. The Bertz CT molecular complexity index is 895. The fourth-order valence-corrected chi connectivity index (χ4v) is 3.56. The summed E-state index contributed by atoms with van der Waals surface area (Å²) < 4.78 is 5.34. The quantitative estimate of drug-likeness (QED) is 0.703. The molecule has 3 rings (SSSR count). The Morgan fingerprint density at radius 2 is 1.86 bits per heavy atom. The Morgan fingerprint density at radius 3 is 2.55 bits per heavy atom. The van der Waals surface area contributed by atoms with Crippen LogP contribution < -0.4 is 20.7 Å².